The van der Waals surface area contributed by atoms with Gasteiger partial charge in [0.25, 0.3) is 0 Å². The van der Waals surface area contributed by atoms with E-state index in [4.69, 9.17) is 14.5 Å². The number of benzene rings is 3. The molecule has 2 N–H and O–H groups in total. The Bertz CT molecular complexity index is 1120. The molecule has 0 spiro atoms. The molecule has 0 bridgehead atoms. The number of anilines is 4. The third kappa shape index (κ3) is 4.50. The molecule has 0 fully saturated rings. The zero-order valence-corrected chi connectivity index (χ0v) is 16.8. The van der Waals surface area contributed by atoms with E-state index < -0.39 is 0 Å². The fourth-order valence-electron chi connectivity index (χ4n) is 3.01. The van der Waals surface area contributed by atoms with Crippen LogP contribution < -0.4 is 20.1 Å². The largest absolute Gasteiger partial charge is 0.497 e. The second-order valence-electron chi connectivity index (χ2n) is 6.51. The lowest BCUT2D eigenvalue weighted by atomic mass is 10.1. The van der Waals surface area contributed by atoms with Gasteiger partial charge in [-0.2, -0.15) is 4.98 Å². The lowest BCUT2D eigenvalue weighted by molar-refractivity contribution is 0.395. The van der Waals surface area contributed by atoms with Crippen molar-refractivity contribution in [2.24, 2.45) is 0 Å². The Morgan fingerprint density at radius 1 is 0.700 bits per heavy atom. The summed E-state index contributed by atoms with van der Waals surface area (Å²) in [5.41, 5.74) is 3.50. The molecule has 1 aromatic heterocycles. The quantitative estimate of drug-likeness (QED) is 0.419. The van der Waals surface area contributed by atoms with Gasteiger partial charge in [0.1, 0.15) is 17.3 Å². The molecular weight excluding hydrogens is 376 g/mol. The first-order valence-electron chi connectivity index (χ1n) is 9.51. The first-order chi connectivity index (χ1) is 14.7. The van der Waals surface area contributed by atoms with Gasteiger partial charge in [0, 0.05) is 23.4 Å². The van der Waals surface area contributed by atoms with Crippen molar-refractivity contribution < 1.29 is 9.47 Å². The summed E-state index contributed by atoms with van der Waals surface area (Å²) in [5, 5.41) is 6.61. The highest BCUT2D eigenvalue weighted by Crippen LogP contribution is 2.32. The molecular formula is C24H22N4O2. The molecule has 3 aromatic carbocycles. The smallest absolute Gasteiger partial charge is 0.229 e. The third-order valence-electron chi connectivity index (χ3n) is 4.50. The summed E-state index contributed by atoms with van der Waals surface area (Å²) in [5.74, 6) is 2.52. The Kier molecular flexibility index (Phi) is 5.75. The number of nitrogens with one attached hydrogen (secondary N) is 2. The van der Waals surface area contributed by atoms with Crippen LogP contribution >= 0.6 is 0 Å². The van der Waals surface area contributed by atoms with Crippen molar-refractivity contribution in [2.45, 2.75) is 0 Å². The number of nitrogens with zero attached hydrogens (tertiary/aromatic N) is 2. The minimum atomic E-state index is 0.498. The Hall–Kier alpha value is -4.06. The topological polar surface area (TPSA) is 68.3 Å². The van der Waals surface area contributed by atoms with Crippen LogP contribution in [0.5, 0.6) is 11.5 Å². The van der Waals surface area contributed by atoms with Gasteiger partial charge in [-0.3, -0.25) is 0 Å². The molecule has 4 aromatic rings. The lowest BCUT2D eigenvalue weighted by Gasteiger charge is -2.14. The highest BCUT2D eigenvalue weighted by Gasteiger charge is 2.11. The second-order valence-corrected chi connectivity index (χ2v) is 6.51. The van der Waals surface area contributed by atoms with Gasteiger partial charge in [-0.05, 0) is 24.3 Å². The molecule has 1 heterocycles. The van der Waals surface area contributed by atoms with E-state index in [1.54, 1.807) is 14.2 Å². The molecule has 0 unspecified atom stereocenters. The SMILES string of the molecule is COc1ccc(Nc2cc(-c3ccccc3)nc(Nc3ccccc3)n2)c(OC)c1. The maximum absolute atomic E-state index is 5.50. The van der Waals surface area contributed by atoms with Crippen LogP contribution in [0.2, 0.25) is 0 Å². The van der Waals surface area contributed by atoms with E-state index >= 15 is 0 Å². The summed E-state index contributed by atoms with van der Waals surface area (Å²) >= 11 is 0. The monoisotopic (exact) mass is 398 g/mol. The molecule has 0 saturated carbocycles. The first-order valence-corrected chi connectivity index (χ1v) is 9.51. The van der Waals surface area contributed by atoms with Crippen LogP contribution in [0.1, 0.15) is 0 Å². The van der Waals surface area contributed by atoms with Crippen molar-refractivity contribution in [1.29, 1.82) is 0 Å². The molecule has 0 aliphatic rings. The summed E-state index contributed by atoms with van der Waals surface area (Å²) in [4.78, 5) is 9.34. The Morgan fingerprint density at radius 3 is 2.13 bits per heavy atom. The summed E-state index contributed by atoms with van der Waals surface area (Å²) in [6.45, 7) is 0. The highest BCUT2D eigenvalue weighted by molar-refractivity contribution is 5.71. The average Bonchev–Trinajstić information content (AvgIpc) is 2.80. The molecule has 150 valence electrons. The molecule has 0 radical (unpaired) electrons. The maximum Gasteiger partial charge on any atom is 0.229 e. The number of ether oxygens (including phenoxy) is 2. The predicted molar refractivity (Wildman–Crippen MR) is 120 cm³/mol. The van der Waals surface area contributed by atoms with E-state index in [-0.39, 0.29) is 0 Å². The minimum Gasteiger partial charge on any atom is -0.497 e. The Balaban J connectivity index is 1.72. The molecule has 30 heavy (non-hydrogen) atoms. The van der Waals surface area contributed by atoms with Crippen LogP contribution in [-0.4, -0.2) is 24.2 Å². The van der Waals surface area contributed by atoms with Gasteiger partial charge in [-0.25, -0.2) is 4.98 Å². The molecule has 0 amide bonds. The zero-order valence-electron chi connectivity index (χ0n) is 16.8. The molecule has 0 aliphatic heterocycles. The molecule has 0 atom stereocenters. The van der Waals surface area contributed by atoms with E-state index in [2.05, 4.69) is 15.6 Å². The predicted octanol–water partition coefficient (Wildman–Crippen LogP) is 5.65. The fraction of sp³-hybridized carbons (Fsp3) is 0.0833. The normalized spacial score (nSPS) is 10.3. The van der Waals surface area contributed by atoms with E-state index in [9.17, 15) is 0 Å². The summed E-state index contributed by atoms with van der Waals surface area (Å²) in [7, 11) is 3.25. The fourth-order valence-corrected chi connectivity index (χ4v) is 3.01. The minimum absolute atomic E-state index is 0.498. The number of rotatable bonds is 7. The van der Waals surface area contributed by atoms with Gasteiger partial charge in [0.2, 0.25) is 5.95 Å². The van der Waals surface area contributed by atoms with Gasteiger partial charge < -0.3 is 20.1 Å². The molecule has 6 nitrogen and oxygen atoms in total. The van der Waals surface area contributed by atoms with Crippen LogP contribution in [0, 0.1) is 0 Å². The van der Waals surface area contributed by atoms with Crippen molar-refractivity contribution in [3.63, 3.8) is 0 Å². The van der Waals surface area contributed by atoms with E-state index in [0.717, 1.165) is 28.4 Å². The highest BCUT2D eigenvalue weighted by atomic mass is 16.5. The Labute approximate surface area is 175 Å². The summed E-state index contributed by atoms with van der Waals surface area (Å²) < 4.78 is 10.8. The maximum atomic E-state index is 5.50. The standard InChI is InChI=1S/C24H22N4O2/c1-29-19-13-14-20(22(15-19)30-2)26-23-16-21(17-9-5-3-6-10-17)27-24(28-23)25-18-11-7-4-8-12-18/h3-16H,1-2H3,(H2,25,26,27,28). The van der Waals surface area contributed by atoms with Crippen molar-refractivity contribution in [3.05, 3.63) is 84.9 Å². The number of methoxy groups -OCH3 is 2. The number of hydrogen-bond acceptors (Lipinski definition) is 6. The van der Waals surface area contributed by atoms with Gasteiger partial charge in [-0.15, -0.1) is 0 Å². The van der Waals surface area contributed by atoms with Crippen LogP contribution in [-0.2, 0) is 0 Å². The summed E-state index contributed by atoms with van der Waals surface area (Å²) in [6.07, 6.45) is 0. The van der Waals surface area contributed by atoms with E-state index in [1.807, 2.05) is 84.9 Å². The van der Waals surface area contributed by atoms with Crippen LogP contribution in [0.4, 0.5) is 23.1 Å². The van der Waals surface area contributed by atoms with Crippen molar-refractivity contribution in [1.82, 2.24) is 9.97 Å². The second kappa shape index (κ2) is 8.96. The molecule has 6 heteroatoms. The van der Waals surface area contributed by atoms with Gasteiger partial charge in [0.05, 0.1) is 25.6 Å². The summed E-state index contributed by atoms with van der Waals surface area (Å²) in [6, 6.07) is 27.3. The average molecular weight is 398 g/mol. The van der Waals surface area contributed by atoms with E-state index in [1.165, 1.54) is 0 Å². The third-order valence-corrected chi connectivity index (χ3v) is 4.50. The number of aromatic nitrogens is 2. The van der Waals surface area contributed by atoms with Crippen molar-refractivity contribution in [3.8, 4) is 22.8 Å². The van der Waals surface area contributed by atoms with Crippen molar-refractivity contribution in [2.75, 3.05) is 24.9 Å². The lowest BCUT2D eigenvalue weighted by Crippen LogP contribution is -2.03. The Morgan fingerprint density at radius 2 is 1.43 bits per heavy atom. The van der Waals surface area contributed by atoms with Crippen LogP contribution in [0.15, 0.2) is 84.9 Å². The van der Waals surface area contributed by atoms with Gasteiger partial charge in [-0.1, -0.05) is 48.5 Å². The zero-order chi connectivity index (χ0) is 20.8. The molecule has 0 aliphatic carbocycles. The number of hydrogen-bond donors (Lipinski definition) is 2. The van der Waals surface area contributed by atoms with E-state index in [0.29, 0.717) is 17.5 Å². The number of para-hydroxylation sites is 1. The van der Waals surface area contributed by atoms with Crippen LogP contribution in [0.3, 0.4) is 0 Å². The van der Waals surface area contributed by atoms with Crippen LogP contribution in [0.25, 0.3) is 11.3 Å². The van der Waals surface area contributed by atoms with Crippen molar-refractivity contribution >= 4 is 23.1 Å². The van der Waals surface area contributed by atoms with Gasteiger partial charge in [0.15, 0.2) is 0 Å². The van der Waals surface area contributed by atoms with Gasteiger partial charge >= 0.3 is 0 Å². The first kappa shape index (κ1) is 19.3. The molecule has 4 rings (SSSR count). The molecule has 0 saturated heterocycles.